The summed E-state index contributed by atoms with van der Waals surface area (Å²) in [7, 11) is 0. The number of hydrogen-bond donors (Lipinski definition) is 2. The molecule has 0 radical (unpaired) electrons. The highest BCUT2D eigenvalue weighted by molar-refractivity contribution is 5.94. The van der Waals surface area contributed by atoms with Gasteiger partial charge in [-0.1, -0.05) is 0 Å². The lowest BCUT2D eigenvalue weighted by atomic mass is 10.3. The molecule has 1 aromatic rings. The van der Waals surface area contributed by atoms with Gasteiger partial charge in [-0.05, 0) is 0 Å². The molecule has 1 aromatic heterocycles. The second kappa shape index (κ2) is 4.23. The summed E-state index contributed by atoms with van der Waals surface area (Å²) in [5, 5.41) is 6.88. The van der Waals surface area contributed by atoms with E-state index in [-0.39, 0.29) is 23.8 Å². The predicted molar refractivity (Wildman–Crippen MR) is 45.3 cm³/mol. The third-order valence-electron chi connectivity index (χ3n) is 1.22. The van der Waals surface area contributed by atoms with Crippen LogP contribution in [0.5, 0.6) is 0 Å². The molecule has 0 saturated carbocycles. The molecular weight excluding hydrogens is 221 g/mol. The third kappa shape index (κ3) is 2.84. The van der Waals surface area contributed by atoms with E-state index < -0.39 is 12.0 Å². The average molecular weight is 227 g/mol. The van der Waals surface area contributed by atoms with Gasteiger partial charge in [0, 0.05) is 12.4 Å². The van der Waals surface area contributed by atoms with Crippen LogP contribution in [-0.2, 0) is 6.18 Å². The summed E-state index contributed by atoms with van der Waals surface area (Å²) in [4.78, 5) is 6.03. The summed E-state index contributed by atoms with van der Waals surface area (Å²) in [5.41, 5.74) is 5.06. The van der Waals surface area contributed by atoms with Crippen LogP contribution in [0.2, 0.25) is 0 Å². The lowest BCUT2D eigenvalue weighted by molar-refractivity contribution is -0.145. The van der Waals surface area contributed by atoms with E-state index in [1.807, 2.05) is 0 Å². The SMILES string of the molecule is Cl.N=C(N)c1cnc(C(F)(F)F)nc1. The molecule has 1 heterocycles. The first-order valence-corrected chi connectivity index (χ1v) is 3.15. The zero-order valence-corrected chi connectivity index (χ0v) is 7.49. The number of halogens is 4. The van der Waals surface area contributed by atoms with Crippen molar-refractivity contribution in [2.45, 2.75) is 6.18 Å². The summed E-state index contributed by atoms with van der Waals surface area (Å²) >= 11 is 0. The van der Waals surface area contributed by atoms with Gasteiger partial charge in [-0.3, -0.25) is 5.41 Å². The highest BCUT2D eigenvalue weighted by atomic mass is 35.5. The molecule has 0 atom stereocenters. The van der Waals surface area contributed by atoms with E-state index in [9.17, 15) is 13.2 Å². The number of hydrogen-bond acceptors (Lipinski definition) is 3. The predicted octanol–water partition coefficient (Wildman–Crippen LogP) is 1.20. The molecule has 0 saturated heterocycles. The Bertz CT molecular complexity index is 321. The van der Waals surface area contributed by atoms with E-state index in [4.69, 9.17) is 11.1 Å². The second-order valence-corrected chi connectivity index (χ2v) is 2.21. The number of nitrogens with two attached hydrogens (primary N) is 1. The van der Waals surface area contributed by atoms with Crippen molar-refractivity contribution < 1.29 is 13.2 Å². The van der Waals surface area contributed by atoms with Crippen LogP contribution in [-0.4, -0.2) is 15.8 Å². The van der Waals surface area contributed by atoms with E-state index >= 15 is 0 Å². The number of nitrogens with one attached hydrogen (secondary N) is 1. The van der Waals surface area contributed by atoms with E-state index in [2.05, 4.69) is 9.97 Å². The normalized spacial score (nSPS) is 10.5. The van der Waals surface area contributed by atoms with Crippen molar-refractivity contribution in [3.63, 3.8) is 0 Å². The van der Waals surface area contributed by atoms with Gasteiger partial charge in [-0.15, -0.1) is 12.4 Å². The molecule has 4 nitrogen and oxygen atoms in total. The largest absolute Gasteiger partial charge is 0.451 e. The van der Waals surface area contributed by atoms with Crippen molar-refractivity contribution in [3.05, 3.63) is 23.8 Å². The Labute approximate surface area is 83.3 Å². The minimum Gasteiger partial charge on any atom is -0.384 e. The van der Waals surface area contributed by atoms with Gasteiger partial charge >= 0.3 is 6.18 Å². The topological polar surface area (TPSA) is 75.7 Å². The molecule has 0 aliphatic rings. The molecule has 0 fully saturated rings. The molecule has 0 aliphatic carbocycles. The molecule has 0 aromatic carbocycles. The van der Waals surface area contributed by atoms with Gasteiger partial charge in [-0.25, -0.2) is 9.97 Å². The van der Waals surface area contributed by atoms with Gasteiger partial charge in [0.2, 0.25) is 5.82 Å². The average Bonchev–Trinajstić information content (AvgIpc) is 2.03. The summed E-state index contributed by atoms with van der Waals surface area (Å²) in [6.45, 7) is 0. The van der Waals surface area contributed by atoms with Crippen molar-refractivity contribution in [3.8, 4) is 0 Å². The van der Waals surface area contributed by atoms with Crippen molar-refractivity contribution in [1.29, 1.82) is 5.41 Å². The Kier molecular flexibility index (Phi) is 3.81. The number of aromatic nitrogens is 2. The fourth-order valence-corrected chi connectivity index (χ4v) is 0.614. The van der Waals surface area contributed by atoms with Gasteiger partial charge in [0.1, 0.15) is 5.84 Å². The summed E-state index contributed by atoms with van der Waals surface area (Å²) in [5.74, 6) is -1.61. The molecule has 1 rings (SSSR count). The molecule has 78 valence electrons. The maximum absolute atomic E-state index is 11.9. The molecule has 14 heavy (non-hydrogen) atoms. The highest BCUT2D eigenvalue weighted by Crippen LogP contribution is 2.25. The second-order valence-electron chi connectivity index (χ2n) is 2.21. The van der Waals surface area contributed by atoms with Crippen LogP contribution in [0.25, 0.3) is 0 Å². The highest BCUT2D eigenvalue weighted by Gasteiger charge is 2.34. The molecule has 0 unspecified atom stereocenters. The zero-order chi connectivity index (χ0) is 10.1. The number of nitrogen functional groups attached to an aromatic ring is 1. The fourth-order valence-electron chi connectivity index (χ4n) is 0.614. The van der Waals surface area contributed by atoms with Crippen LogP contribution in [0.1, 0.15) is 11.4 Å². The lowest BCUT2D eigenvalue weighted by Crippen LogP contribution is -2.15. The van der Waals surface area contributed by atoms with Crippen molar-refractivity contribution in [2.75, 3.05) is 0 Å². The summed E-state index contributed by atoms with van der Waals surface area (Å²) < 4.78 is 35.7. The van der Waals surface area contributed by atoms with Crippen LogP contribution < -0.4 is 5.73 Å². The first kappa shape index (κ1) is 12.6. The van der Waals surface area contributed by atoms with Gasteiger partial charge < -0.3 is 5.73 Å². The number of alkyl halides is 3. The van der Waals surface area contributed by atoms with E-state index in [1.165, 1.54) is 0 Å². The lowest BCUT2D eigenvalue weighted by Gasteiger charge is -2.03. The number of amidine groups is 1. The van der Waals surface area contributed by atoms with Gasteiger partial charge in [0.05, 0.1) is 5.56 Å². The first-order valence-electron chi connectivity index (χ1n) is 3.15. The Balaban J connectivity index is 0.00000169. The van der Waals surface area contributed by atoms with Crippen LogP contribution in [0, 0.1) is 5.41 Å². The van der Waals surface area contributed by atoms with Gasteiger partial charge in [0.25, 0.3) is 0 Å². The number of nitrogens with zero attached hydrogens (tertiary/aromatic N) is 2. The summed E-state index contributed by atoms with van der Waals surface area (Å²) in [6, 6.07) is 0. The smallest absolute Gasteiger partial charge is 0.384 e. The van der Waals surface area contributed by atoms with Crippen molar-refractivity contribution >= 4 is 18.2 Å². The van der Waals surface area contributed by atoms with Crippen LogP contribution in [0.15, 0.2) is 12.4 Å². The van der Waals surface area contributed by atoms with Crippen LogP contribution in [0.3, 0.4) is 0 Å². The van der Waals surface area contributed by atoms with E-state index in [0.29, 0.717) is 0 Å². The third-order valence-corrected chi connectivity index (χ3v) is 1.22. The Morgan fingerprint density at radius 2 is 1.71 bits per heavy atom. The van der Waals surface area contributed by atoms with Crippen LogP contribution in [0.4, 0.5) is 13.2 Å². The minimum absolute atomic E-state index is 0. The number of rotatable bonds is 1. The molecule has 8 heteroatoms. The maximum Gasteiger partial charge on any atom is 0.451 e. The maximum atomic E-state index is 11.9. The Morgan fingerprint density at radius 1 is 1.29 bits per heavy atom. The summed E-state index contributed by atoms with van der Waals surface area (Å²) in [6.07, 6.45) is -2.84. The molecule has 0 bridgehead atoms. The fraction of sp³-hybridized carbons (Fsp3) is 0.167. The van der Waals surface area contributed by atoms with Crippen molar-refractivity contribution in [2.24, 2.45) is 5.73 Å². The molecule has 0 spiro atoms. The van der Waals surface area contributed by atoms with E-state index in [1.54, 1.807) is 0 Å². The standard InChI is InChI=1S/C6H5F3N4.ClH/c7-6(8,9)5-12-1-3(2-13-5)4(10)11;/h1-2H,(H3,10,11);1H. The zero-order valence-electron chi connectivity index (χ0n) is 6.67. The van der Waals surface area contributed by atoms with Gasteiger partial charge in [-0.2, -0.15) is 13.2 Å². The molecule has 3 N–H and O–H groups in total. The van der Waals surface area contributed by atoms with Crippen molar-refractivity contribution in [1.82, 2.24) is 9.97 Å². The van der Waals surface area contributed by atoms with Crippen LogP contribution >= 0.6 is 12.4 Å². The van der Waals surface area contributed by atoms with E-state index in [0.717, 1.165) is 12.4 Å². The minimum atomic E-state index is -4.56. The quantitative estimate of drug-likeness (QED) is 0.558. The monoisotopic (exact) mass is 226 g/mol. The first-order chi connectivity index (χ1) is 5.91. The van der Waals surface area contributed by atoms with Gasteiger partial charge in [0.15, 0.2) is 0 Å². The Morgan fingerprint density at radius 3 is 2.00 bits per heavy atom. The molecule has 0 aliphatic heterocycles. The molecule has 0 amide bonds. The Hall–Kier alpha value is -1.37. The molecular formula is C6H6ClF3N4.